The zero-order valence-electron chi connectivity index (χ0n) is 16.4. The van der Waals surface area contributed by atoms with Gasteiger partial charge in [0.2, 0.25) is 0 Å². The number of ether oxygens (including phenoxy) is 6. The van der Waals surface area contributed by atoms with Gasteiger partial charge >= 0.3 is 11.9 Å². The van der Waals surface area contributed by atoms with E-state index in [1.807, 2.05) is 0 Å². The summed E-state index contributed by atoms with van der Waals surface area (Å²) in [4.78, 5) is 25.5. The van der Waals surface area contributed by atoms with Gasteiger partial charge in [0, 0.05) is 39.8 Å². The van der Waals surface area contributed by atoms with E-state index in [0.717, 1.165) is 0 Å². The third kappa shape index (κ3) is 2.93. The van der Waals surface area contributed by atoms with E-state index in [-0.39, 0.29) is 18.3 Å². The van der Waals surface area contributed by atoms with Crippen LogP contribution >= 0.6 is 0 Å². The number of methoxy groups -OCH3 is 6. The molecule has 2 fully saturated rings. The fraction of sp³-hybridized carbons (Fsp3) is 0.889. The standard InChI is InChI=1S/C18H30O8/c1-21-13(22-2)12-10-18(14(19)23-3,15(20)24-4)11-7-8-17(12,9-11)16(25-5)26-6/h11-13,16H,7-10H2,1-6H3/t11-,12+,17-/m0/s1. The molecule has 2 rings (SSSR count). The van der Waals surface area contributed by atoms with Crippen molar-refractivity contribution in [3.8, 4) is 0 Å². The highest BCUT2D eigenvalue weighted by Crippen LogP contribution is 2.64. The highest BCUT2D eigenvalue weighted by Gasteiger charge is 2.69. The molecule has 8 heteroatoms. The van der Waals surface area contributed by atoms with Crippen LogP contribution < -0.4 is 0 Å². The largest absolute Gasteiger partial charge is 0.468 e. The van der Waals surface area contributed by atoms with Crippen LogP contribution in [0.1, 0.15) is 25.7 Å². The van der Waals surface area contributed by atoms with Crippen LogP contribution in [0.15, 0.2) is 0 Å². The zero-order chi connectivity index (χ0) is 19.5. The molecule has 0 amide bonds. The van der Waals surface area contributed by atoms with Gasteiger partial charge < -0.3 is 28.4 Å². The lowest BCUT2D eigenvalue weighted by molar-refractivity contribution is -0.259. The van der Waals surface area contributed by atoms with Crippen LogP contribution in [0.2, 0.25) is 0 Å². The highest BCUT2D eigenvalue weighted by atomic mass is 16.7. The Morgan fingerprint density at radius 1 is 0.846 bits per heavy atom. The third-order valence-electron chi connectivity index (χ3n) is 6.35. The molecule has 150 valence electrons. The molecule has 0 heterocycles. The molecular weight excluding hydrogens is 344 g/mol. The van der Waals surface area contributed by atoms with Crippen molar-refractivity contribution in [3.05, 3.63) is 0 Å². The van der Waals surface area contributed by atoms with E-state index >= 15 is 0 Å². The fourth-order valence-electron chi connectivity index (χ4n) is 5.27. The van der Waals surface area contributed by atoms with E-state index in [2.05, 4.69) is 0 Å². The maximum absolute atomic E-state index is 12.8. The molecular formula is C18H30O8. The van der Waals surface area contributed by atoms with Crippen molar-refractivity contribution in [2.24, 2.45) is 22.7 Å². The Balaban J connectivity index is 2.58. The summed E-state index contributed by atoms with van der Waals surface area (Å²) in [6.45, 7) is 0. The summed E-state index contributed by atoms with van der Waals surface area (Å²) in [6, 6.07) is 0. The molecule has 0 saturated heterocycles. The van der Waals surface area contributed by atoms with Gasteiger partial charge in [0.1, 0.15) is 0 Å². The molecule has 0 aliphatic heterocycles. The summed E-state index contributed by atoms with van der Waals surface area (Å²) < 4.78 is 32.3. The van der Waals surface area contributed by atoms with Crippen molar-refractivity contribution in [2.45, 2.75) is 38.3 Å². The van der Waals surface area contributed by atoms with Gasteiger partial charge in [-0.15, -0.1) is 0 Å². The number of carbonyl (C=O) groups is 2. The first-order chi connectivity index (χ1) is 12.4. The second kappa shape index (κ2) is 8.21. The highest BCUT2D eigenvalue weighted by molar-refractivity contribution is 6.00. The maximum atomic E-state index is 12.8. The van der Waals surface area contributed by atoms with Crippen LogP contribution in [0.3, 0.4) is 0 Å². The minimum Gasteiger partial charge on any atom is -0.468 e. The minimum absolute atomic E-state index is 0.187. The molecule has 0 spiro atoms. The second-order valence-electron chi connectivity index (χ2n) is 7.08. The van der Waals surface area contributed by atoms with Crippen molar-refractivity contribution >= 4 is 11.9 Å². The minimum atomic E-state index is -1.38. The van der Waals surface area contributed by atoms with Crippen LogP contribution in [0.5, 0.6) is 0 Å². The van der Waals surface area contributed by atoms with Crippen LogP contribution in [-0.2, 0) is 38.0 Å². The molecule has 3 atom stereocenters. The average molecular weight is 374 g/mol. The fourth-order valence-corrected chi connectivity index (χ4v) is 5.27. The molecule has 0 aromatic carbocycles. The first-order valence-electron chi connectivity index (χ1n) is 8.69. The van der Waals surface area contributed by atoms with E-state index in [1.54, 1.807) is 14.2 Å². The first-order valence-corrected chi connectivity index (χ1v) is 8.69. The Kier molecular flexibility index (Phi) is 6.65. The van der Waals surface area contributed by atoms with Gasteiger partial charge in [-0.05, 0) is 31.6 Å². The number of carbonyl (C=O) groups excluding carboxylic acids is 2. The van der Waals surface area contributed by atoms with Crippen molar-refractivity contribution in [1.82, 2.24) is 0 Å². The van der Waals surface area contributed by atoms with Gasteiger partial charge in [0.25, 0.3) is 0 Å². The predicted molar refractivity (Wildman–Crippen MR) is 90.0 cm³/mol. The van der Waals surface area contributed by atoms with Gasteiger partial charge in [-0.1, -0.05) is 0 Å². The van der Waals surface area contributed by atoms with Crippen LogP contribution in [-0.4, -0.2) is 67.2 Å². The number of hydrogen-bond acceptors (Lipinski definition) is 8. The first kappa shape index (κ1) is 21.1. The third-order valence-corrected chi connectivity index (χ3v) is 6.35. The van der Waals surface area contributed by atoms with Gasteiger partial charge in [-0.25, -0.2) is 0 Å². The quantitative estimate of drug-likeness (QED) is 0.357. The summed E-state index contributed by atoms with van der Waals surface area (Å²) in [6.07, 6.45) is 0.982. The van der Waals surface area contributed by atoms with E-state index < -0.39 is 35.3 Å². The summed E-state index contributed by atoms with van der Waals surface area (Å²) in [5, 5.41) is 0. The van der Waals surface area contributed by atoms with Crippen molar-refractivity contribution < 1.29 is 38.0 Å². The van der Waals surface area contributed by atoms with Gasteiger partial charge in [-0.3, -0.25) is 9.59 Å². The molecule has 2 bridgehead atoms. The Morgan fingerprint density at radius 3 is 1.81 bits per heavy atom. The molecule has 0 aromatic rings. The van der Waals surface area contributed by atoms with Crippen LogP contribution in [0.4, 0.5) is 0 Å². The lowest BCUT2D eigenvalue weighted by atomic mass is 9.56. The van der Waals surface area contributed by atoms with Crippen molar-refractivity contribution in [3.63, 3.8) is 0 Å². The van der Waals surface area contributed by atoms with E-state index in [1.165, 1.54) is 28.4 Å². The number of fused-ring (bicyclic) bond motifs is 2. The Hall–Kier alpha value is -1.22. The molecule has 2 aliphatic carbocycles. The topological polar surface area (TPSA) is 89.5 Å². The zero-order valence-corrected chi connectivity index (χ0v) is 16.4. The molecule has 8 nitrogen and oxygen atoms in total. The monoisotopic (exact) mass is 374 g/mol. The SMILES string of the molecule is COC(=O)C1(C(=O)OC)C[C@H](C(OC)OC)[C@]2(C(OC)OC)CC[C@H]1C2. The number of rotatable bonds is 8. The summed E-state index contributed by atoms with van der Waals surface area (Å²) in [5.41, 5.74) is -1.81. The molecule has 2 aliphatic rings. The van der Waals surface area contributed by atoms with Gasteiger partial charge in [-0.2, -0.15) is 0 Å². The summed E-state index contributed by atoms with van der Waals surface area (Å²) in [7, 11) is 8.83. The molecule has 0 unspecified atom stereocenters. The lowest BCUT2D eigenvalue weighted by Gasteiger charge is -2.51. The Bertz CT molecular complexity index is 497. The normalized spacial score (nSPS) is 29.8. The molecule has 26 heavy (non-hydrogen) atoms. The number of hydrogen-bond donors (Lipinski definition) is 0. The van der Waals surface area contributed by atoms with Gasteiger partial charge in [0.05, 0.1) is 14.2 Å². The van der Waals surface area contributed by atoms with E-state index in [9.17, 15) is 9.59 Å². The summed E-state index contributed by atoms with van der Waals surface area (Å²) >= 11 is 0. The van der Waals surface area contributed by atoms with Crippen LogP contribution in [0, 0.1) is 22.7 Å². The average Bonchev–Trinajstić information content (AvgIpc) is 3.06. The maximum Gasteiger partial charge on any atom is 0.323 e. The smallest absolute Gasteiger partial charge is 0.323 e. The van der Waals surface area contributed by atoms with Crippen molar-refractivity contribution in [1.29, 1.82) is 0 Å². The second-order valence-corrected chi connectivity index (χ2v) is 7.08. The molecule has 0 radical (unpaired) electrons. The summed E-state index contributed by atoms with van der Waals surface area (Å²) in [5.74, 6) is -1.69. The lowest BCUT2D eigenvalue weighted by Crippen LogP contribution is -2.58. The van der Waals surface area contributed by atoms with Gasteiger partial charge in [0.15, 0.2) is 18.0 Å². The number of esters is 2. The van der Waals surface area contributed by atoms with Crippen molar-refractivity contribution in [2.75, 3.05) is 42.7 Å². The Labute approximate surface area is 154 Å². The Morgan fingerprint density at radius 2 is 1.38 bits per heavy atom. The molecule has 0 aromatic heterocycles. The molecule has 2 saturated carbocycles. The van der Waals surface area contributed by atoms with E-state index in [4.69, 9.17) is 28.4 Å². The van der Waals surface area contributed by atoms with Crippen LogP contribution in [0.25, 0.3) is 0 Å². The van der Waals surface area contributed by atoms with E-state index in [0.29, 0.717) is 19.3 Å². The molecule has 0 N–H and O–H groups in total. The predicted octanol–water partition coefficient (Wildman–Crippen LogP) is 1.36.